The lowest BCUT2D eigenvalue weighted by atomic mass is 10.3. The number of para-hydroxylation sites is 2. The van der Waals surface area contributed by atoms with Crippen LogP contribution in [-0.2, 0) is 11.3 Å². The third kappa shape index (κ3) is 2.65. The van der Waals surface area contributed by atoms with Crippen LogP contribution in [0.25, 0.3) is 11.0 Å². The van der Waals surface area contributed by atoms with Gasteiger partial charge in [0.05, 0.1) is 18.1 Å². The van der Waals surface area contributed by atoms with Crippen LogP contribution in [0.3, 0.4) is 0 Å². The molecule has 0 saturated heterocycles. The van der Waals surface area contributed by atoms with Crippen molar-refractivity contribution in [1.82, 2.24) is 14.9 Å². The monoisotopic (exact) mass is 263 g/mol. The van der Waals surface area contributed by atoms with Crippen molar-refractivity contribution < 1.29 is 9.53 Å². The summed E-state index contributed by atoms with van der Waals surface area (Å²) >= 11 is 0. The zero-order valence-corrected chi connectivity index (χ0v) is 10.3. The topological polar surface area (TPSA) is 93.2 Å². The largest absolute Gasteiger partial charge is 0.453 e. The summed E-state index contributed by atoms with van der Waals surface area (Å²) in [6, 6.07) is 6.97. The number of amides is 1. The summed E-state index contributed by atoms with van der Waals surface area (Å²) in [5, 5.41) is 2.46. The highest BCUT2D eigenvalue weighted by atomic mass is 16.5. The van der Waals surface area contributed by atoms with Gasteiger partial charge in [0.25, 0.3) is 0 Å². The molecule has 7 nitrogen and oxygen atoms in total. The maximum absolute atomic E-state index is 11.8. The Morgan fingerprint density at radius 3 is 2.84 bits per heavy atom. The van der Waals surface area contributed by atoms with Crippen molar-refractivity contribution in [1.29, 1.82) is 0 Å². The molecule has 2 N–H and O–H groups in total. The molecule has 0 aliphatic carbocycles. The average Bonchev–Trinajstić information content (AvgIpc) is 2.42. The van der Waals surface area contributed by atoms with E-state index in [1.54, 1.807) is 24.3 Å². The number of carbonyl (C=O) groups excluding carboxylic acids is 1. The lowest BCUT2D eigenvalue weighted by molar-refractivity contribution is 0.170. The van der Waals surface area contributed by atoms with Gasteiger partial charge in [-0.1, -0.05) is 12.1 Å². The molecule has 1 aromatic heterocycles. The highest BCUT2D eigenvalue weighted by Crippen LogP contribution is 2.06. The maximum Gasteiger partial charge on any atom is 0.406 e. The molecule has 0 aliphatic rings. The second-order valence-corrected chi connectivity index (χ2v) is 3.85. The van der Waals surface area contributed by atoms with Gasteiger partial charge in [0.15, 0.2) is 0 Å². The minimum absolute atomic E-state index is 0.193. The fourth-order valence-corrected chi connectivity index (χ4v) is 1.79. The van der Waals surface area contributed by atoms with Crippen LogP contribution in [0.5, 0.6) is 0 Å². The Hall–Kier alpha value is -2.57. The van der Waals surface area contributed by atoms with Crippen LogP contribution in [-0.4, -0.2) is 29.3 Å². The lowest BCUT2D eigenvalue weighted by Crippen LogP contribution is -2.39. The minimum atomic E-state index is -0.684. The van der Waals surface area contributed by atoms with Crippen molar-refractivity contribution >= 4 is 17.1 Å². The van der Waals surface area contributed by atoms with E-state index >= 15 is 0 Å². The second kappa shape index (κ2) is 5.38. The Morgan fingerprint density at radius 1 is 1.37 bits per heavy atom. The first-order chi connectivity index (χ1) is 9.13. The number of hydrogen-bond donors (Lipinski definition) is 2. The number of H-pyrrole nitrogens is 1. The Kier molecular flexibility index (Phi) is 3.65. The van der Waals surface area contributed by atoms with Gasteiger partial charge < -0.3 is 19.6 Å². The van der Waals surface area contributed by atoms with E-state index in [2.05, 4.69) is 15.0 Å². The van der Waals surface area contributed by atoms with Gasteiger partial charge in [-0.2, -0.15) is 0 Å². The molecule has 0 saturated carbocycles. The number of carbonyl (C=O) groups is 1. The molecule has 0 unspecified atom stereocenters. The highest BCUT2D eigenvalue weighted by molar-refractivity contribution is 5.74. The maximum atomic E-state index is 11.8. The molecular formula is C12H13N3O4. The van der Waals surface area contributed by atoms with Crippen LogP contribution in [0.1, 0.15) is 0 Å². The van der Waals surface area contributed by atoms with Gasteiger partial charge in [0.2, 0.25) is 0 Å². The molecule has 0 fully saturated rings. The van der Waals surface area contributed by atoms with Crippen LogP contribution >= 0.6 is 0 Å². The van der Waals surface area contributed by atoms with E-state index in [9.17, 15) is 14.4 Å². The number of rotatable bonds is 3. The molecule has 1 aromatic carbocycles. The van der Waals surface area contributed by atoms with Crippen molar-refractivity contribution in [3.05, 3.63) is 45.0 Å². The predicted octanol–water partition coefficient (Wildman–Crippen LogP) is 0.0458. The number of hydrogen-bond acceptors (Lipinski definition) is 4. The van der Waals surface area contributed by atoms with Crippen LogP contribution < -0.4 is 16.4 Å². The van der Waals surface area contributed by atoms with E-state index in [1.165, 1.54) is 11.7 Å². The number of benzene rings is 1. The molecule has 1 amide bonds. The van der Waals surface area contributed by atoms with Gasteiger partial charge in [-0.15, -0.1) is 0 Å². The minimum Gasteiger partial charge on any atom is -0.453 e. The van der Waals surface area contributed by atoms with Gasteiger partial charge in [0, 0.05) is 13.1 Å². The van der Waals surface area contributed by atoms with Gasteiger partial charge in [-0.25, -0.2) is 4.79 Å². The molecular weight excluding hydrogens is 250 g/mol. The van der Waals surface area contributed by atoms with E-state index in [1.807, 2.05) is 0 Å². The van der Waals surface area contributed by atoms with E-state index in [0.29, 0.717) is 11.0 Å². The summed E-state index contributed by atoms with van der Waals surface area (Å²) < 4.78 is 5.75. The summed E-state index contributed by atoms with van der Waals surface area (Å²) in [6.45, 7) is 0.387. The Labute approximate surface area is 107 Å². The molecule has 2 aromatic rings. The van der Waals surface area contributed by atoms with Gasteiger partial charge in [-0.05, 0) is 12.1 Å². The quantitative estimate of drug-likeness (QED) is 0.765. The Bertz CT molecular complexity index is 717. The van der Waals surface area contributed by atoms with Crippen LogP contribution in [0.2, 0.25) is 0 Å². The number of ether oxygens (including phenoxy) is 1. The number of fused-ring (bicyclic) bond motifs is 1. The molecule has 2 rings (SSSR count). The molecule has 0 radical (unpaired) electrons. The third-order valence-corrected chi connectivity index (χ3v) is 2.67. The van der Waals surface area contributed by atoms with Gasteiger partial charge in [-0.3, -0.25) is 9.59 Å². The summed E-state index contributed by atoms with van der Waals surface area (Å²) in [5.74, 6) is 0. The second-order valence-electron chi connectivity index (χ2n) is 3.85. The smallest absolute Gasteiger partial charge is 0.406 e. The van der Waals surface area contributed by atoms with E-state index < -0.39 is 17.2 Å². The summed E-state index contributed by atoms with van der Waals surface area (Å²) in [5.41, 5.74) is -0.147. The van der Waals surface area contributed by atoms with Crippen molar-refractivity contribution in [3.8, 4) is 0 Å². The summed E-state index contributed by atoms with van der Waals surface area (Å²) in [6.07, 6.45) is -0.581. The normalized spacial score (nSPS) is 10.4. The SMILES string of the molecule is COC(=O)NCCn1c(=O)c(=O)[nH]c2ccccc21. The first-order valence-electron chi connectivity index (χ1n) is 5.67. The Balaban J connectivity index is 2.36. The fourth-order valence-electron chi connectivity index (χ4n) is 1.79. The van der Waals surface area contributed by atoms with E-state index in [-0.39, 0.29) is 13.1 Å². The number of methoxy groups -OCH3 is 1. The van der Waals surface area contributed by atoms with Crippen LogP contribution in [0.4, 0.5) is 4.79 Å². The van der Waals surface area contributed by atoms with Crippen LogP contribution in [0, 0.1) is 0 Å². The molecule has 100 valence electrons. The summed E-state index contributed by atoms with van der Waals surface area (Å²) in [4.78, 5) is 36.7. The van der Waals surface area contributed by atoms with Crippen molar-refractivity contribution in [2.45, 2.75) is 6.54 Å². The molecule has 19 heavy (non-hydrogen) atoms. The van der Waals surface area contributed by atoms with E-state index in [0.717, 1.165) is 0 Å². The number of nitrogens with zero attached hydrogens (tertiary/aromatic N) is 1. The Morgan fingerprint density at radius 2 is 2.11 bits per heavy atom. The average molecular weight is 263 g/mol. The highest BCUT2D eigenvalue weighted by Gasteiger charge is 2.07. The molecule has 1 heterocycles. The number of aromatic amines is 1. The summed E-state index contributed by atoms with van der Waals surface area (Å²) in [7, 11) is 1.25. The number of aromatic nitrogens is 2. The number of alkyl carbamates (subject to hydrolysis) is 1. The van der Waals surface area contributed by atoms with Crippen LogP contribution in [0.15, 0.2) is 33.9 Å². The molecule has 7 heteroatoms. The fraction of sp³-hybridized carbons (Fsp3) is 0.250. The van der Waals surface area contributed by atoms with Crippen molar-refractivity contribution in [2.24, 2.45) is 0 Å². The number of nitrogens with one attached hydrogen (secondary N) is 2. The lowest BCUT2D eigenvalue weighted by Gasteiger charge is -2.09. The zero-order chi connectivity index (χ0) is 13.8. The molecule has 0 atom stereocenters. The van der Waals surface area contributed by atoms with Crippen molar-refractivity contribution in [2.75, 3.05) is 13.7 Å². The zero-order valence-electron chi connectivity index (χ0n) is 10.3. The predicted molar refractivity (Wildman–Crippen MR) is 69.2 cm³/mol. The first kappa shape index (κ1) is 12.9. The van der Waals surface area contributed by atoms with Gasteiger partial charge >= 0.3 is 17.2 Å². The van der Waals surface area contributed by atoms with Gasteiger partial charge in [0.1, 0.15) is 0 Å². The molecule has 0 spiro atoms. The molecule has 0 aliphatic heterocycles. The first-order valence-corrected chi connectivity index (χ1v) is 5.67. The molecule has 0 bridgehead atoms. The third-order valence-electron chi connectivity index (χ3n) is 2.67. The van der Waals surface area contributed by atoms with E-state index in [4.69, 9.17) is 0 Å². The standard InChI is InChI=1S/C12H13N3O4/c1-19-12(18)13-6-7-15-9-5-3-2-4-8(9)14-10(16)11(15)17/h2-5H,6-7H2,1H3,(H,13,18)(H,14,16). The van der Waals surface area contributed by atoms with Crippen molar-refractivity contribution in [3.63, 3.8) is 0 Å².